The molecular formula is C16H22O2. The van der Waals surface area contributed by atoms with Gasteiger partial charge in [0.2, 0.25) is 0 Å². The van der Waals surface area contributed by atoms with E-state index >= 15 is 0 Å². The maximum atomic E-state index is 9.38. The summed E-state index contributed by atoms with van der Waals surface area (Å²) in [5.74, 6) is 2.94. The molecule has 3 unspecified atom stereocenters. The summed E-state index contributed by atoms with van der Waals surface area (Å²) in [6, 6.07) is 7.33. The zero-order chi connectivity index (χ0) is 12.8. The Bertz CT molecular complexity index is 442. The van der Waals surface area contributed by atoms with E-state index in [0.717, 1.165) is 29.9 Å². The Morgan fingerprint density at radius 3 is 2.89 bits per heavy atom. The van der Waals surface area contributed by atoms with Crippen molar-refractivity contribution in [3.05, 3.63) is 29.8 Å². The van der Waals surface area contributed by atoms with Crippen LogP contribution in [0.2, 0.25) is 0 Å². The van der Waals surface area contributed by atoms with E-state index in [1.165, 1.54) is 12.8 Å². The summed E-state index contributed by atoms with van der Waals surface area (Å²) in [6.07, 6.45) is 2.72. The molecule has 2 aliphatic carbocycles. The fourth-order valence-corrected chi connectivity index (χ4v) is 4.09. The number of fused-ring (bicyclic) bond motifs is 1. The first kappa shape index (κ1) is 12.0. The van der Waals surface area contributed by atoms with Crippen molar-refractivity contribution in [2.75, 3.05) is 6.61 Å². The van der Waals surface area contributed by atoms with E-state index in [0.29, 0.717) is 17.8 Å². The molecule has 0 radical (unpaired) electrons. The molecule has 0 bridgehead atoms. The summed E-state index contributed by atoms with van der Waals surface area (Å²) in [5, 5.41) is 9.38. The quantitative estimate of drug-likeness (QED) is 0.879. The molecule has 2 fully saturated rings. The summed E-state index contributed by atoms with van der Waals surface area (Å²) >= 11 is 0. The second kappa shape index (κ2) is 4.27. The number of phenolic OH excluding ortho intramolecular Hbond substituents is 1. The minimum absolute atomic E-state index is 0.319. The fourth-order valence-electron chi connectivity index (χ4n) is 4.09. The highest BCUT2D eigenvalue weighted by Gasteiger charge is 2.60. The van der Waals surface area contributed by atoms with Crippen molar-refractivity contribution in [3.8, 4) is 5.75 Å². The molecule has 1 aromatic rings. The van der Waals surface area contributed by atoms with Crippen LogP contribution in [0.1, 0.15) is 32.3 Å². The van der Waals surface area contributed by atoms with Crippen LogP contribution in [0.25, 0.3) is 0 Å². The summed E-state index contributed by atoms with van der Waals surface area (Å²) < 4.78 is 5.82. The van der Waals surface area contributed by atoms with Crippen LogP contribution in [0.3, 0.4) is 0 Å². The molecule has 18 heavy (non-hydrogen) atoms. The molecule has 2 heteroatoms. The number of ether oxygens (including phenoxy) is 1. The van der Waals surface area contributed by atoms with Gasteiger partial charge in [0, 0.05) is 0 Å². The molecule has 2 nitrogen and oxygen atoms in total. The lowest BCUT2D eigenvalue weighted by molar-refractivity contribution is -0.191. The predicted octanol–water partition coefficient (Wildman–Crippen LogP) is 3.59. The molecule has 0 heterocycles. The number of aromatic hydroxyl groups is 1. The predicted molar refractivity (Wildman–Crippen MR) is 71.2 cm³/mol. The van der Waals surface area contributed by atoms with Crippen LogP contribution in [0, 0.1) is 23.2 Å². The van der Waals surface area contributed by atoms with Gasteiger partial charge in [0.25, 0.3) is 0 Å². The highest BCUT2D eigenvalue weighted by atomic mass is 16.5. The van der Waals surface area contributed by atoms with Gasteiger partial charge in [-0.1, -0.05) is 26.0 Å². The molecule has 1 aromatic carbocycles. The second-order valence-electron chi connectivity index (χ2n) is 6.41. The van der Waals surface area contributed by atoms with E-state index in [1.54, 1.807) is 12.1 Å². The highest BCUT2D eigenvalue weighted by Crippen LogP contribution is 2.67. The smallest absolute Gasteiger partial charge is 0.115 e. The molecule has 2 saturated carbocycles. The van der Waals surface area contributed by atoms with Gasteiger partial charge in [-0.05, 0) is 53.7 Å². The van der Waals surface area contributed by atoms with Gasteiger partial charge in [0.1, 0.15) is 5.75 Å². The van der Waals surface area contributed by atoms with Gasteiger partial charge in [0.15, 0.2) is 0 Å². The van der Waals surface area contributed by atoms with Crippen molar-refractivity contribution in [1.29, 1.82) is 0 Å². The van der Waals surface area contributed by atoms with E-state index in [4.69, 9.17) is 4.74 Å². The van der Waals surface area contributed by atoms with Crippen molar-refractivity contribution in [2.24, 2.45) is 23.2 Å². The lowest BCUT2D eigenvalue weighted by Gasteiger charge is -2.66. The Morgan fingerprint density at radius 2 is 2.28 bits per heavy atom. The van der Waals surface area contributed by atoms with Crippen molar-refractivity contribution < 1.29 is 9.84 Å². The zero-order valence-electron chi connectivity index (χ0n) is 11.2. The van der Waals surface area contributed by atoms with Gasteiger partial charge in [-0.2, -0.15) is 0 Å². The first-order valence-corrected chi connectivity index (χ1v) is 6.95. The maximum absolute atomic E-state index is 9.38. The van der Waals surface area contributed by atoms with Crippen LogP contribution in [0.4, 0.5) is 0 Å². The monoisotopic (exact) mass is 246 g/mol. The molecule has 0 aromatic heterocycles. The molecule has 2 aliphatic rings. The van der Waals surface area contributed by atoms with E-state index in [9.17, 15) is 5.11 Å². The number of benzene rings is 1. The van der Waals surface area contributed by atoms with Crippen molar-refractivity contribution >= 4 is 0 Å². The zero-order valence-corrected chi connectivity index (χ0v) is 11.2. The SMILES string of the molecule is CC1CC2(C)C1C[C@@H]2COCc1cccc(O)c1. The maximum Gasteiger partial charge on any atom is 0.115 e. The molecule has 4 atom stereocenters. The second-order valence-corrected chi connectivity index (χ2v) is 6.41. The van der Waals surface area contributed by atoms with Crippen molar-refractivity contribution in [1.82, 2.24) is 0 Å². The Morgan fingerprint density at radius 1 is 1.44 bits per heavy atom. The topological polar surface area (TPSA) is 29.5 Å². The lowest BCUT2D eigenvalue weighted by Crippen LogP contribution is -2.60. The van der Waals surface area contributed by atoms with E-state index in [2.05, 4.69) is 13.8 Å². The summed E-state index contributed by atoms with van der Waals surface area (Å²) in [6.45, 7) is 6.27. The summed E-state index contributed by atoms with van der Waals surface area (Å²) in [5.41, 5.74) is 1.62. The summed E-state index contributed by atoms with van der Waals surface area (Å²) in [7, 11) is 0. The van der Waals surface area contributed by atoms with Gasteiger partial charge in [-0.15, -0.1) is 0 Å². The van der Waals surface area contributed by atoms with E-state index in [-0.39, 0.29) is 0 Å². The average Bonchev–Trinajstić information content (AvgIpc) is 2.33. The fraction of sp³-hybridized carbons (Fsp3) is 0.625. The van der Waals surface area contributed by atoms with Crippen LogP contribution >= 0.6 is 0 Å². The third-order valence-electron chi connectivity index (χ3n) is 5.27. The molecule has 3 rings (SSSR count). The standard InChI is InChI=1S/C16H22O2/c1-11-8-16(2)13(7-15(11)16)10-18-9-12-4-3-5-14(17)6-12/h3-6,11,13,15,17H,7-10H2,1-2H3/t11?,13-,15?,16?/m1/s1. The largest absolute Gasteiger partial charge is 0.508 e. The van der Waals surface area contributed by atoms with Gasteiger partial charge < -0.3 is 9.84 Å². The first-order valence-electron chi connectivity index (χ1n) is 6.95. The number of hydrogen-bond donors (Lipinski definition) is 1. The van der Waals surface area contributed by atoms with Crippen LogP contribution in [0.15, 0.2) is 24.3 Å². The molecule has 0 spiro atoms. The molecule has 0 aliphatic heterocycles. The first-order chi connectivity index (χ1) is 8.59. The normalized spacial score (nSPS) is 37.6. The molecule has 98 valence electrons. The number of rotatable bonds is 4. The van der Waals surface area contributed by atoms with Crippen molar-refractivity contribution in [3.63, 3.8) is 0 Å². The Balaban J connectivity index is 1.46. The van der Waals surface area contributed by atoms with Gasteiger partial charge in [0.05, 0.1) is 13.2 Å². The van der Waals surface area contributed by atoms with Crippen LogP contribution < -0.4 is 0 Å². The lowest BCUT2D eigenvalue weighted by atomic mass is 9.39. The Labute approximate surface area is 109 Å². The van der Waals surface area contributed by atoms with Crippen molar-refractivity contribution in [2.45, 2.75) is 33.3 Å². The van der Waals surface area contributed by atoms with E-state index in [1.807, 2.05) is 12.1 Å². The molecule has 0 saturated heterocycles. The molecular weight excluding hydrogens is 224 g/mol. The van der Waals surface area contributed by atoms with Crippen LogP contribution in [-0.4, -0.2) is 11.7 Å². The summed E-state index contributed by atoms with van der Waals surface area (Å²) in [4.78, 5) is 0. The third kappa shape index (κ3) is 1.83. The minimum atomic E-state index is 0.319. The van der Waals surface area contributed by atoms with Gasteiger partial charge >= 0.3 is 0 Å². The van der Waals surface area contributed by atoms with Crippen LogP contribution in [0.5, 0.6) is 5.75 Å². The average molecular weight is 246 g/mol. The van der Waals surface area contributed by atoms with Gasteiger partial charge in [-0.25, -0.2) is 0 Å². The Hall–Kier alpha value is -1.02. The van der Waals surface area contributed by atoms with Gasteiger partial charge in [-0.3, -0.25) is 0 Å². The highest BCUT2D eigenvalue weighted by molar-refractivity contribution is 5.26. The van der Waals surface area contributed by atoms with E-state index < -0.39 is 0 Å². The molecule has 1 N–H and O–H groups in total. The number of hydrogen-bond acceptors (Lipinski definition) is 2. The Kier molecular flexibility index (Phi) is 2.86. The minimum Gasteiger partial charge on any atom is -0.508 e. The number of phenols is 1. The van der Waals surface area contributed by atoms with Crippen LogP contribution in [-0.2, 0) is 11.3 Å². The molecule has 0 amide bonds. The third-order valence-corrected chi connectivity index (χ3v) is 5.27.